The molecule has 1 N–H and O–H groups in total. The fourth-order valence-electron chi connectivity index (χ4n) is 1.64. The number of hydrogen-bond acceptors (Lipinski definition) is 4. The molecular weight excluding hydrogens is 286 g/mol. The summed E-state index contributed by atoms with van der Waals surface area (Å²) in [5.74, 6) is 1.12. The molecule has 3 rings (SSSR count). The number of aliphatic hydroxyl groups is 1. The van der Waals surface area contributed by atoms with E-state index >= 15 is 0 Å². The van der Waals surface area contributed by atoms with Crippen LogP contribution in [0.3, 0.4) is 0 Å². The fourth-order valence-corrected chi connectivity index (χ4v) is 2.02. The van der Waals surface area contributed by atoms with Gasteiger partial charge in [-0.2, -0.15) is 0 Å². The second kappa shape index (κ2) is 4.01. The van der Waals surface area contributed by atoms with Gasteiger partial charge in [0.1, 0.15) is 11.3 Å². The molecule has 2 heterocycles. The van der Waals surface area contributed by atoms with Crippen LogP contribution in [0.5, 0.6) is 0 Å². The maximum atomic E-state index is 8.91. The van der Waals surface area contributed by atoms with Gasteiger partial charge in [-0.05, 0) is 24.3 Å². The Balaban J connectivity index is 2.11. The summed E-state index contributed by atoms with van der Waals surface area (Å²) in [5.41, 5.74) is 1.27. The zero-order chi connectivity index (χ0) is 11.8. The topological polar surface area (TPSA) is 59.4 Å². The van der Waals surface area contributed by atoms with Crippen molar-refractivity contribution < 1.29 is 14.0 Å². The number of benzene rings is 1. The van der Waals surface area contributed by atoms with E-state index in [4.69, 9.17) is 14.0 Å². The Hall–Kier alpha value is -1.59. The maximum Gasteiger partial charge on any atom is 0.202 e. The zero-order valence-corrected chi connectivity index (χ0v) is 10.3. The first-order chi connectivity index (χ1) is 8.26. The number of aliphatic hydroxyl groups excluding tert-OH is 1. The minimum absolute atomic E-state index is 0.144. The molecule has 1 aromatic carbocycles. The number of hydrogen-bond donors (Lipinski definition) is 1. The van der Waals surface area contributed by atoms with Crippen LogP contribution in [0.4, 0.5) is 0 Å². The van der Waals surface area contributed by atoms with Gasteiger partial charge in [-0.15, -0.1) is 0 Å². The first-order valence-electron chi connectivity index (χ1n) is 5.02. The smallest absolute Gasteiger partial charge is 0.202 e. The van der Waals surface area contributed by atoms with Crippen molar-refractivity contribution >= 4 is 26.9 Å². The van der Waals surface area contributed by atoms with Crippen molar-refractivity contribution in [1.29, 1.82) is 0 Å². The summed E-state index contributed by atoms with van der Waals surface area (Å²) in [6.07, 6.45) is 0. The van der Waals surface area contributed by atoms with E-state index in [2.05, 4.69) is 21.1 Å². The summed E-state index contributed by atoms with van der Waals surface area (Å²) >= 11 is 3.40. The lowest BCUT2D eigenvalue weighted by atomic mass is 10.2. The number of rotatable bonds is 2. The van der Waals surface area contributed by atoms with E-state index in [1.54, 1.807) is 6.07 Å². The third-order valence-electron chi connectivity index (χ3n) is 2.44. The van der Waals surface area contributed by atoms with Gasteiger partial charge >= 0.3 is 0 Å². The van der Waals surface area contributed by atoms with Crippen LogP contribution < -0.4 is 0 Å². The number of halogens is 1. The Kier molecular flexibility index (Phi) is 2.49. The summed E-state index contributed by atoms with van der Waals surface area (Å²) < 4.78 is 11.7. The first kappa shape index (κ1) is 10.6. The molecule has 0 aliphatic carbocycles. The molecule has 0 radical (unpaired) electrons. The van der Waals surface area contributed by atoms with E-state index in [1.807, 2.05) is 24.3 Å². The lowest BCUT2D eigenvalue weighted by Crippen LogP contribution is -1.78. The van der Waals surface area contributed by atoms with E-state index in [0.717, 1.165) is 15.4 Å². The maximum absolute atomic E-state index is 8.91. The molecule has 86 valence electrons. The standard InChI is InChI=1S/C12H8BrNO3/c13-8-1-2-10-7(3-8)4-11(16-10)12-5-9(6-15)14-17-12/h1-5,15H,6H2. The van der Waals surface area contributed by atoms with Crippen LogP contribution in [0.2, 0.25) is 0 Å². The van der Waals surface area contributed by atoms with Gasteiger partial charge in [0.05, 0.1) is 6.61 Å². The van der Waals surface area contributed by atoms with E-state index in [1.165, 1.54) is 0 Å². The number of fused-ring (bicyclic) bond motifs is 1. The molecule has 0 saturated heterocycles. The third-order valence-corrected chi connectivity index (χ3v) is 2.94. The summed E-state index contributed by atoms with van der Waals surface area (Å²) in [4.78, 5) is 0. The number of nitrogens with zero attached hydrogens (tertiary/aromatic N) is 1. The van der Waals surface area contributed by atoms with Crippen LogP contribution in [0.1, 0.15) is 5.69 Å². The van der Waals surface area contributed by atoms with Gasteiger partial charge < -0.3 is 14.0 Å². The van der Waals surface area contributed by atoms with Crippen LogP contribution in [-0.4, -0.2) is 10.3 Å². The van der Waals surface area contributed by atoms with E-state index in [9.17, 15) is 0 Å². The average Bonchev–Trinajstić information content (AvgIpc) is 2.93. The zero-order valence-electron chi connectivity index (χ0n) is 8.68. The van der Waals surface area contributed by atoms with Crippen LogP contribution in [0, 0.1) is 0 Å². The molecule has 5 heteroatoms. The highest BCUT2D eigenvalue weighted by molar-refractivity contribution is 9.10. The first-order valence-corrected chi connectivity index (χ1v) is 5.81. The monoisotopic (exact) mass is 293 g/mol. The summed E-state index contributed by atoms with van der Waals surface area (Å²) in [6.45, 7) is -0.144. The molecule has 17 heavy (non-hydrogen) atoms. The highest BCUT2D eigenvalue weighted by Gasteiger charge is 2.11. The number of aromatic nitrogens is 1. The van der Waals surface area contributed by atoms with E-state index in [-0.39, 0.29) is 6.61 Å². The minimum Gasteiger partial charge on any atom is -0.453 e. The highest BCUT2D eigenvalue weighted by Crippen LogP contribution is 2.29. The summed E-state index contributed by atoms with van der Waals surface area (Å²) in [7, 11) is 0. The quantitative estimate of drug-likeness (QED) is 0.787. The van der Waals surface area contributed by atoms with Crippen LogP contribution in [0.25, 0.3) is 22.5 Å². The van der Waals surface area contributed by atoms with Crippen LogP contribution in [-0.2, 0) is 6.61 Å². The molecule has 0 amide bonds. The molecule has 0 aliphatic rings. The molecule has 0 aliphatic heterocycles. The van der Waals surface area contributed by atoms with Crippen molar-refractivity contribution in [1.82, 2.24) is 5.16 Å². The van der Waals surface area contributed by atoms with Crippen LogP contribution >= 0.6 is 15.9 Å². The van der Waals surface area contributed by atoms with Crippen molar-refractivity contribution in [3.8, 4) is 11.5 Å². The largest absolute Gasteiger partial charge is 0.453 e. The lowest BCUT2D eigenvalue weighted by molar-refractivity contribution is 0.267. The Bertz CT molecular complexity index is 671. The molecule has 0 spiro atoms. The van der Waals surface area contributed by atoms with Crippen molar-refractivity contribution in [2.45, 2.75) is 6.61 Å². The average molecular weight is 294 g/mol. The molecular formula is C12H8BrNO3. The Morgan fingerprint density at radius 1 is 1.18 bits per heavy atom. The molecule has 0 atom stereocenters. The molecule has 0 fully saturated rings. The van der Waals surface area contributed by atoms with E-state index in [0.29, 0.717) is 17.2 Å². The molecule has 2 aromatic heterocycles. The van der Waals surface area contributed by atoms with Gasteiger partial charge in [-0.1, -0.05) is 21.1 Å². The highest BCUT2D eigenvalue weighted by atomic mass is 79.9. The summed E-state index contributed by atoms with van der Waals surface area (Å²) in [5, 5.41) is 13.6. The van der Waals surface area contributed by atoms with Crippen molar-refractivity contribution in [2.24, 2.45) is 0 Å². The molecule has 3 aromatic rings. The van der Waals surface area contributed by atoms with Gasteiger partial charge in [-0.25, -0.2) is 0 Å². The van der Waals surface area contributed by atoms with Gasteiger partial charge in [0.2, 0.25) is 5.76 Å². The fraction of sp³-hybridized carbons (Fsp3) is 0.0833. The second-order valence-electron chi connectivity index (χ2n) is 3.63. The SMILES string of the molecule is OCc1cc(-c2cc3cc(Br)ccc3o2)on1. The third kappa shape index (κ3) is 1.87. The lowest BCUT2D eigenvalue weighted by Gasteiger charge is -1.88. The molecule has 4 nitrogen and oxygen atoms in total. The molecule has 0 unspecified atom stereocenters. The van der Waals surface area contributed by atoms with Gasteiger partial charge in [0, 0.05) is 15.9 Å². The van der Waals surface area contributed by atoms with Crippen molar-refractivity contribution in [3.05, 3.63) is 40.5 Å². The normalized spacial score (nSPS) is 11.2. The van der Waals surface area contributed by atoms with Gasteiger partial charge in [0.25, 0.3) is 0 Å². The van der Waals surface area contributed by atoms with E-state index < -0.39 is 0 Å². The van der Waals surface area contributed by atoms with Crippen molar-refractivity contribution in [2.75, 3.05) is 0 Å². The number of furan rings is 1. The Morgan fingerprint density at radius 3 is 2.82 bits per heavy atom. The van der Waals surface area contributed by atoms with Gasteiger partial charge in [0.15, 0.2) is 5.76 Å². The predicted molar refractivity (Wildman–Crippen MR) is 65.3 cm³/mol. The Morgan fingerprint density at radius 2 is 2.06 bits per heavy atom. The summed E-state index contributed by atoms with van der Waals surface area (Å²) in [6, 6.07) is 9.29. The van der Waals surface area contributed by atoms with Crippen LogP contribution in [0.15, 0.2) is 43.7 Å². The predicted octanol–water partition coefficient (Wildman–Crippen LogP) is 3.34. The molecule has 0 saturated carbocycles. The Labute approximate surface area is 105 Å². The molecule has 0 bridgehead atoms. The van der Waals surface area contributed by atoms with Gasteiger partial charge in [-0.3, -0.25) is 0 Å². The second-order valence-corrected chi connectivity index (χ2v) is 4.55. The van der Waals surface area contributed by atoms with Crippen molar-refractivity contribution in [3.63, 3.8) is 0 Å². The minimum atomic E-state index is -0.144.